The molecule has 1 saturated heterocycles. The monoisotopic (exact) mass is 115 g/mol. The molecule has 1 nitrogen and oxygen atoms in total. The summed E-state index contributed by atoms with van der Waals surface area (Å²) in [5.74, 6) is 1.86. The second-order valence-electron chi connectivity index (χ2n) is 2.80. The number of hydrogen-bond acceptors (Lipinski definition) is 1. The molecule has 0 amide bonds. The summed E-state index contributed by atoms with van der Waals surface area (Å²) in [6.45, 7) is 2.05. The Balaban J connectivity index is 1.94. The van der Waals surface area contributed by atoms with E-state index in [1.165, 1.54) is 0 Å². The third-order valence-electron chi connectivity index (χ3n) is 2.45. The average molecular weight is 115 g/mol. The van der Waals surface area contributed by atoms with Gasteiger partial charge in [-0.15, -0.1) is 0 Å². The van der Waals surface area contributed by atoms with Crippen LogP contribution in [0.15, 0.2) is 0 Å². The molecule has 2 aliphatic rings. The minimum atomic E-state index is -0.0863. The highest BCUT2D eigenvalue weighted by Crippen LogP contribution is 2.48. The molecule has 3 atom stereocenters. The van der Waals surface area contributed by atoms with E-state index in [1.54, 1.807) is 0 Å². The fourth-order valence-corrected chi connectivity index (χ4v) is 1.78. The molecule has 0 aromatic rings. The summed E-state index contributed by atoms with van der Waals surface area (Å²) in [6.07, 6.45) is 0. The largest absolute Gasteiger partial charge is 0.316 e. The van der Waals surface area contributed by atoms with Crippen LogP contribution in [0.3, 0.4) is 0 Å². The number of rotatable bonds is 1. The SMILES string of the molecule is FCC1[C@H]2CNC[C@@H]12. The van der Waals surface area contributed by atoms with Crippen molar-refractivity contribution in [2.24, 2.45) is 17.8 Å². The summed E-state index contributed by atoms with van der Waals surface area (Å²) in [4.78, 5) is 0. The molecule has 46 valence electrons. The fraction of sp³-hybridized carbons (Fsp3) is 1.00. The van der Waals surface area contributed by atoms with Crippen LogP contribution in [0.25, 0.3) is 0 Å². The molecule has 0 spiro atoms. The highest BCUT2D eigenvalue weighted by Gasteiger charge is 2.52. The molecule has 1 aliphatic heterocycles. The van der Waals surface area contributed by atoms with Gasteiger partial charge in [0, 0.05) is 0 Å². The van der Waals surface area contributed by atoms with Crippen LogP contribution >= 0.6 is 0 Å². The molecule has 0 bridgehead atoms. The van der Waals surface area contributed by atoms with Crippen LogP contribution in [0.1, 0.15) is 0 Å². The van der Waals surface area contributed by atoms with Crippen molar-refractivity contribution >= 4 is 0 Å². The molecule has 1 heterocycles. The summed E-state index contributed by atoms with van der Waals surface area (Å²) in [5.41, 5.74) is 0. The molecular weight excluding hydrogens is 105 g/mol. The molecule has 0 radical (unpaired) electrons. The van der Waals surface area contributed by atoms with Gasteiger partial charge in [-0.3, -0.25) is 4.39 Å². The number of piperidine rings is 1. The molecule has 0 aromatic heterocycles. The van der Waals surface area contributed by atoms with E-state index in [0.717, 1.165) is 13.1 Å². The van der Waals surface area contributed by atoms with Gasteiger partial charge in [0.05, 0.1) is 6.67 Å². The Hall–Kier alpha value is -0.110. The summed E-state index contributed by atoms with van der Waals surface area (Å²) in [6, 6.07) is 0. The average Bonchev–Trinajstić information content (AvgIpc) is 2.22. The highest BCUT2D eigenvalue weighted by atomic mass is 19.1. The van der Waals surface area contributed by atoms with Crippen LogP contribution in [0.4, 0.5) is 4.39 Å². The van der Waals surface area contributed by atoms with Crippen molar-refractivity contribution in [2.45, 2.75) is 0 Å². The third kappa shape index (κ3) is 0.440. The maximum absolute atomic E-state index is 11.9. The van der Waals surface area contributed by atoms with Crippen LogP contribution in [0, 0.1) is 17.8 Å². The fourth-order valence-electron chi connectivity index (χ4n) is 1.78. The zero-order valence-corrected chi connectivity index (χ0v) is 4.73. The summed E-state index contributed by atoms with van der Waals surface area (Å²) < 4.78 is 11.9. The second kappa shape index (κ2) is 1.44. The Bertz CT molecular complexity index is 87.9. The van der Waals surface area contributed by atoms with E-state index in [0.29, 0.717) is 17.8 Å². The van der Waals surface area contributed by atoms with Gasteiger partial charge in [0.1, 0.15) is 0 Å². The second-order valence-corrected chi connectivity index (χ2v) is 2.80. The van der Waals surface area contributed by atoms with Gasteiger partial charge in [0.15, 0.2) is 0 Å². The Morgan fingerprint density at radius 3 is 2.38 bits per heavy atom. The molecule has 0 aromatic carbocycles. The van der Waals surface area contributed by atoms with Gasteiger partial charge in [0.2, 0.25) is 0 Å². The molecule has 2 fully saturated rings. The quantitative estimate of drug-likeness (QED) is 0.522. The molecular formula is C6H10FN. The zero-order valence-electron chi connectivity index (χ0n) is 4.73. The standard InChI is InChI=1S/C6H10FN/c7-1-4-5-2-8-3-6(4)5/h4-6,8H,1-3H2/t4?,5-,6+. The van der Waals surface area contributed by atoms with Gasteiger partial charge in [0.25, 0.3) is 0 Å². The molecule has 1 aliphatic carbocycles. The van der Waals surface area contributed by atoms with E-state index in [1.807, 2.05) is 0 Å². The highest BCUT2D eigenvalue weighted by molar-refractivity contribution is 5.03. The number of halogens is 1. The van der Waals surface area contributed by atoms with Gasteiger partial charge < -0.3 is 5.32 Å². The predicted molar refractivity (Wildman–Crippen MR) is 29.3 cm³/mol. The van der Waals surface area contributed by atoms with Crippen molar-refractivity contribution in [3.05, 3.63) is 0 Å². The lowest BCUT2D eigenvalue weighted by Crippen LogP contribution is -2.15. The minimum Gasteiger partial charge on any atom is -0.316 e. The van der Waals surface area contributed by atoms with Crippen LogP contribution < -0.4 is 5.32 Å². The van der Waals surface area contributed by atoms with Crippen molar-refractivity contribution in [3.8, 4) is 0 Å². The summed E-state index contributed by atoms with van der Waals surface area (Å²) >= 11 is 0. The van der Waals surface area contributed by atoms with Gasteiger partial charge >= 0.3 is 0 Å². The van der Waals surface area contributed by atoms with E-state index in [2.05, 4.69) is 5.32 Å². The smallest absolute Gasteiger partial charge is 0.0929 e. The van der Waals surface area contributed by atoms with E-state index < -0.39 is 0 Å². The van der Waals surface area contributed by atoms with Crippen LogP contribution in [0.5, 0.6) is 0 Å². The van der Waals surface area contributed by atoms with Crippen LogP contribution in [-0.2, 0) is 0 Å². The minimum absolute atomic E-state index is 0.0863. The number of hydrogen-bond donors (Lipinski definition) is 1. The summed E-state index contributed by atoms with van der Waals surface area (Å²) in [5, 5.41) is 3.22. The maximum Gasteiger partial charge on any atom is 0.0929 e. The first-order valence-electron chi connectivity index (χ1n) is 3.20. The topological polar surface area (TPSA) is 12.0 Å². The lowest BCUT2D eigenvalue weighted by molar-refractivity contribution is 0.413. The maximum atomic E-state index is 11.9. The van der Waals surface area contributed by atoms with E-state index >= 15 is 0 Å². The number of nitrogens with one attached hydrogen (secondary N) is 1. The van der Waals surface area contributed by atoms with Crippen molar-refractivity contribution in [1.29, 1.82) is 0 Å². The molecule has 1 saturated carbocycles. The third-order valence-corrected chi connectivity index (χ3v) is 2.45. The molecule has 2 rings (SSSR count). The first-order chi connectivity index (χ1) is 3.93. The molecule has 8 heavy (non-hydrogen) atoms. The predicted octanol–water partition coefficient (Wildman–Crippen LogP) is 0.421. The van der Waals surface area contributed by atoms with E-state index in [9.17, 15) is 4.39 Å². The molecule has 2 heteroatoms. The summed E-state index contributed by atoms with van der Waals surface area (Å²) in [7, 11) is 0. The van der Waals surface area contributed by atoms with Crippen LogP contribution in [-0.4, -0.2) is 19.8 Å². The lowest BCUT2D eigenvalue weighted by atomic mass is 10.3. The first-order valence-corrected chi connectivity index (χ1v) is 3.20. The first kappa shape index (κ1) is 4.74. The van der Waals surface area contributed by atoms with E-state index in [4.69, 9.17) is 0 Å². The Kier molecular flexibility index (Phi) is 0.852. The number of fused-ring (bicyclic) bond motifs is 1. The van der Waals surface area contributed by atoms with Crippen molar-refractivity contribution < 1.29 is 4.39 Å². The number of alkyl halides is 1. The Morgan fingerprint density at radius 1 is 1.38 bits per heavy atom. The van der Waals surface area contributed by atoms with Crippen molar-refractivity contribution in [1.82, 2.24) is 5.32 Å². The van der Waals surface area contributed by atoms with Gasteiger partial charge in [-0.05, 0) is 30.8 Å². The van der Waals surface area contributed by atoms with Crippen molar-refractivity contribution in [2.75, 3.05) is 19.8 Å². The van der Waals surface area contributed by atoms with Crippen LogP contribution in [0.2, 0.25) is 0 Å². The van der Waals surface area contributed by atoms with Gasteiger partial charge in [-0.1, -0.05) is 0 Å². The molecule has 1 N–H and O–H groups in total. The van der Waals surface area contributed by atoms with Gasteiger partial charge in [-0.2, -0.15) is 0 Å². The van der Waals surface area contributed by atoms with E-state index in [-0.39, 0.29) is 6.67 Å². The normalized spacial score (nSPS) is 51.4. The Morgan fingerprint density at radius 2 is 2.00 bits per heavy atom. The van der Waals surface area contributed by atoms with Gasteiger partial charge in [-0.25, -0.2) is 0 Å². The lowest BCUT2D eigenvalue weighted by Gasteiger charge is -1.96. The zero-order chi connectivity index (χ0) is 5.56. The Labute approximate surface area is 48.3 Å². The molecule has 1 unspecified atom stereocenters. The van der Waals surface area contributed by atoms with Crippen molar-refractivity contribution in [3.63, 3.8) is 0 Å².